The van der Waals surface area contributed by atoms with Gasteiger partial charge in [-0.25, -0.2) is 22.0 Å². The SMILES string of the molecule is Fc1cc(C(F)(Br)C(F)F)cc(F)c1Cl. The summed E-state index contributed by atoms with van der Waals surface area (Å²) >= 11 is 7.16. The van der Waals surface area contributed by atoms with Crippen molar-refractivity contribution in [1.29, 1.82) is 0 Å². The first kappa shape index (κ1) is 12.7. The van der Waals surface area contributed by atoms with E-state index in [9.17, 15) is 22.0 Å². The van der Waals surface area contributed by atoms with E-state index in [1.165, 1.54) is 0 Å². The predicted octanol–water partition coefficient (Wildman–Crippen LogP) is 4.40. The van der Waals surface area contributed by atoms with Crippen molar-refractivity contribution >= 4 is 27.5 Å². The summed E-state index contributed by atoms with van der Waals surface area (Å²) < 4.78 is 59.9. The van der Waals surface area contributed by atoms with E-state index in [0.29, 0.717) is 12.1 Å². The first-order chi connectivity index (χ1) is 6.76. The Morgan fingerprint density at radius 2 is 1.60 bits per heavy atom. The van der Waals surface area contributed by atoms with Crippen molar-refractivity contribution in [3.8, 4) is 0 Å². The molecule has 0 heterocycles. The van der Waals surface area contributed by atoms with Crippen LogP contribution in [0.5, 0.6) is 0 Å². The van der Waals surface area contributed by atoms with E-state index in [1.807, 2.05) is 0 Å². The van der Waals surface area contributed by atoms with Crippen LogP contribution in [-0.4, -0.2) is 6.43 Å². The van der Waals surface area contributed by atoms with Crippen LogP contribution in [0.3, 0.4) is 0 Å². The molecule has 0 nitrogen and oxygen atoms in total. The molecule has 1 atom stereocenters. The Bertz CT molecular complexity index is 356. The molecule has 0 bridgehead atoms. The molecule has 1 rings (SSSR count). The minimum absolute atomic E-state index is 0.409. The number of rotatable bonds is 2. The van der Waals surface area contributed by atoms with Crippen molar-refractivity contribution in [2.45, 2.75) is 11.0 Å². The number of hydrogen-bond donors (Lipinski definition) is 0. The number of hydrogen-bond acceptors (Lipinski definition) is 0. The molecule has 0 spiro atoms. The normalized spacial score (nSPS) is 15.5. The summed E-state index contributed by atoms with van der Waals surface area (Å²) in [5.74, 6) is -2.59. The van der Waals surface area contributed by atoms with Gasteiger partial charge < -0.3 is 0 Å². The third-order valence-electron chi connectivity index (χ3n) is 1.64. The average Bonchev–Trinajstić information content (AvgIpc) is 2.13. The molecule has 0 amide bonds. The second-order valence-corrected chi connectivity index (χ2v) is 4.21. The van der Waals surface area contributed by atoms with Gasteiger partial charge in [-0.3, -0.25) is 0 Å². The molecule has 84 valence electrons. The summed E-state index contributed by atoms with van der Waals surface area (Å²) in [6.07, 6.45) is -3.46. The highest BCUT2D eigenvalue weighted by atomic mass is 79.9. The Morgan fingerprint density at radius 3 is 1.93 bits per heavy atom. The minimum atomic E-state index is -3.46. The molecule has 0 aliphatic rings. The Balaban J connectivity index is 3.28. The van der Waals surface area contributed by atoms with Gasteiger partial charge in [-0.05, 0) is 28.1 Å². The summed E-state index contributed by atoms with van der Waals surface area (Å²) in [6.45, 7) is 0. The summed E-state index contributed by atoms with van der Waals surface area (Å²) in [5, 5.41) is -0.865. The Hall–Kier alpha value is -0.360. The highest BCUT2D eigenvalue weighted by molar-refractivity contribution is 9.09. The monoisotopic (exact) mass is 308 g/mol. The van der Waals surface area contributed by atoms with Crippen LogP contribution in [0.25, 0.3) is 0 Å². The average molecular weight is 309 g/mol. The molecule has 7 heteroatoms. The predicted molar refractivity (Wildman–Crippen MR) is 49.1 cm³/mol. The lowest BCUT2D eigenvalue weighted by Crippen LogP contribution is -2.22. The Morgan fingerprint density at radius 1 is 1.20 bits per heavy atom. The first-order valence-corrected chi connectivity index (χ1v) is 4.75. The molecule has 0 fully saturated rings. The first-order valence-electron chi connectivity index (χ1n) is 3.57. The van der Waals surface area contributed by atoms with Crippen molar-refractivity contribution in [2.75, 3.05) is 0 Å². The second kappa shape index (κ2) is 4.25. The molecular formula is C8H3BrClF5. The van der Waals surface area contributed by atoms with Crippen molar-refractivity contribution in [1.82, 2.24) is 0 Å². The summed E-state index contributed by atoms with van der Waals surface area (Å²) in [7, 11) is 0. The van der Waals surface area contributed by atoms with Crippen LogP contribution < -0.4 is 0 Å². The smallest absolute Gasteiger partial charge is 0.220 e. The summed E-state index contributed by atoms with van der Waals surface area (Å²) in [4.78, 5) is 0. The topological polar surface area (TPSA) is 0 Å². The highest BCUT2D eigenvalue weighted by Gasteiger charge is 2.40. The van der Waals surface area contributed by atoms with E-state index in [4.69, 9.17) is 11.6 Å². The highest BCUT2D eigenvalue weighted by Crippen LogP contribution is 2.40. The quantitative estimate of drug-likeness (QED) is 0.431. The molecule has 0 saturated heterocycles. The van der Waals surface area contributed by atoms with Crippen LogP contribution in [0.15, 0.2) is 12.1 Å². The Labute approximate surface area is 95.2 Å². The fourth-order valence-electron chi connectivity index (χ4n) is 0.874. The maximum Gasteiger partial charge on any atom is 0.286 e. The second-order valence-electron chi connectivity index (χ2n) is 2.68. The maximum absolute atomic E-state index is 13.2. The molecule has 0 N–H and O–H groups in total. The molecule has 1 aromatic rings. The molecule has 1 unspecified atom stereocenters. The van der Waals surface area contributed by atoms with Crippen molar-refractivity contribution in [3.63, 3.8) is 0 Å². The molecule has 0 aliphatic carbocycles. The summed E-state index contributed by atoms with van der Waals surface area (Å²) in [6, 6.07) is 0.818. The van der Waals surface area contributed by atoms with Gasteiger partial charge in [0.15, 0.2) is 0 Å². The van der Waals surface area contributed by atoms with Gasteiger partial charge >= 0.3 is 0 Å². The van der Waals surface area contributed by atoms with Gasteiger partial charge in [-0.15, -0.1) is 0 Å². The maximum atomic E-state index is 13.2. The van der Waals surface area contributed by atoms with Crippen LogP contribution in [-0.2, 0) is 4.58 Å². The summed E-state index contributed by atoms with van der Waals surface area (Å²) in [5.41, 5.74) is -0.864. The third kappa shape index (κ3) is 2.42. The van der Waals surface area contributed by atoms with Crippen LogP contribution in [0.1, 0.15) is 5.56 Å². The molecular weight excluding hydrogens is 306 g/mol. The van der Waals surface area contributed by atoms with E-state index in [2.05, 4.69) is 15.9 Å². The lowest BCUT2D eigenvalue weighted by molar-refractivity contribution is 0.0298. The lowest BCUT2D eigenvalue weighted by Gasteiger charge is -2.17. The van der Waals surface area contributed by atoms with Gasteiger partial charge in [-0.1, -0.05) is 11.6 Å². The molecule has 0 aliphatic heterocycles. The van der Waals surface area contributed by atoms with Crippen molar-refractivity contribution in [3.05, 3.63) is 34.4 Å². The van der Waals surface area contributed by atoms with Gasteiger partial charge in [0.05, 0.1) is 0 Å². The molecule has 15 heavy (non-hydrogen) atoms. The van der Waals surface area contributed by atoms with Crippen LogP contribution in [0.4, 0.5) is 22.0 Å². The van der Waals surface area contributed by atoms with E-state index in [1.54, 1.807) is 0 Å². The Kier molecular flexibility index (Phi) is 3.60. The fourth-order valence-corrected chi connectivity index (χ4v) is 1.21. The largest absolute Gasteiger partial charge is 0.286 e. The van der Waals surface area contributed by atoms with Crippen molar-refractivity contribution < 1.29 is 22.0 Å². The zero-order chi connectivity index (χ0) is 11.8. The van der Waals surface area contributed by atoms with E-state index >= 15 is 0 Å². The standard InChI is InChI=1S/C8H3BrClF5/c9-8(15,7(13)14)3-1-4(11)6(10)5(12)2-3/h1-2,7H. The molecule has 0 saturated carbocycles. The molecule has 0 radical (unpaired) electrons. The lowest BCUT2D eigenvalue weighted by atomic mass is 10.1. The third-order valence-corrected chi connectivity index (χ3v) is 2.81. The molecule has 1 aromatic carbocycles. The van der Waals surface area contributed by atoms with Gasteiger partial charge in [0, 0.05) is 5.56 Å². The van der Waals surface area contributed by atoms with Gasteiger partial charge in [-0.2, -0.15) is 0 Å². The van der Waals surface area contributed by atoms with Crippen molar-refractivity contribution in [2.24, 2.45) is 0 Å². The van der Waals surface area contributed by atoms with Gasteiger partial charge in [0.2, 0.25) is 4.58 Å². The zero-order valence-electron chi connectivity index (χ0n) is 6.88. The zero-order valence-corrected chi connectivity index (χ0v) is 9.22. The van der Waals surface area contributed by atoms with Crippen LogP contribution in [0.2, 0.25) is 5.02 Å². The number of halogens is 7. The van der Waals surface area contributed by atoms with Crippen LogP contribution in [0, 0.1) is 11.6 Å². The van der Waals surface area contributed by atoms with E-state index in [0.717, 1.165) is 0 Å². The van der Waals surface area contributed by atoms with E-state index in [-0.39, 0.29) is 0 Å². The van der Waals surface area contributed by atoms with Gasteiger partial charge in [0.1, 0.15) is 16.7 Å². The van der Waals surface area contributed by atoms with Crippen LogP contribution >= 0.6 is 27.5 Å². The van der Waals surface area contributed by atoms with E-state index < -0.39 is 33.2 Å². The number of alkyl halides is 4. The molecule has 0 aromatic heterocycles. The minimum Gasteiger partial charge on any atom is -0.220 e. The fraction of sp³-hybridized carbons (Fsp3) is 0.250. The van der Waals surface area contributed by atoms with Gasteiger partial charge in [0.25, 0.3) is 6.43 Å². The number of benzene rings is 1.